The van der Waals surface area contributed by atoms with E-state index < -0.39 is 66.0 Å². The zero-order valence-corrected chi connectivity index (χ0v) is 30.6. The molecule has 13 nitrogen and oxygen atoms in total. The standard InChI is InChI=1S/C35H37ClF6N10O3/c1-33(2,3)12-13-44-31(43)50(30(53)22-8-4-19(14-24(22)37)25-16-46-52(49-25)21-6-7-21)27(17-55-32(54)48-34(10-11-34)35(40,41)42)20-5-9-23(36)26(15-20)51-29(28(38)39)45-18-47-51/h4-5,8-9,14-16,18,21,27-28H,6-7,10-13,17H2,1-3H3,(H2,43,44)(H,48,54)/t27-/m1/s1. The fourth-order valence-corrected chi connectivity index (χ4v) is 5.85. The molecule has 0 unspecified atom stereocenters. The van der Waals surface area contributed by atoms with Gasteiger partial charge in [-0.15, -0.1) is 0 Å². The molecule has 0 saturated heterocycles. The number of carbonyl (C=O) groups excluding carboxylic acids is 2. The van der Waals surface area contributed by atoms with Gasteiger partial charge >= 0.3 is 12.3 Å². The number of alkyl carbamates (subject to hydrolysis) is 1. The van der Waals surface area contributed by atoms with Crippen LogP contribution in [0.2, 0.25) is 5.02 Å². The maximum Gasteiger partial charge on any atom is 0.411 e. The Labute approximate surface area is 315 Å². The molecule has 0 spiro atoms. The molecule has 2 heterocycles. The molecule has 2 aliphatic carbocycles. The van der Waals surface area contributed by atoms with Gasteiger partial charge < -0.3 is 15.8 Å². The van der Waals surface area contributed by atoms with Crippen LogP contribution in [-0.2, 0) is 4.74 Å². The molecule has 20 heteroatoms. The highest BCUT2D eigenvalue weighted by atomic mass is 35.5. The first-order valence-electron chi connectivity index (χ1n) is 17.2. The maximum absolute atomic E-state index is 16.0. The number of benzene rings is 2. The van der Waals surface area contributed by atoms with E-state index in [0.717, 1.165) is 34.8 Å². The van der Waals surface area contributed by atoms with E-state index in [1.807, 2.05) is 26.1 Å². The number of alkyl halides is 5. The first-order chi connectivity index (χ1) is 25.9. The van der Waals surface area contributed by atoms with E-state index in [-0.39, 0.29) is 47.1 Å². The summed E-state index contributed by atoms with van der Waals surface area (Å²) in [5.74, 6) is -3.30. The van der Waals surface area contributed by atoms with Gasteiger partial charge in [0.25, 0.3) is 12.3 Å². The molecule has 3 N–H and O–H groups in total. The van der Waals surface area contributed by atoms with Gasteiger partial charge in [0.05, 0.1) is 34.6 Å². The average Bonchev–Trinajstić information content (AvgIpc) is 4.00. The molecule has 1 atom stereocenters. The van der Waals surface area contributed by atoms with Crippen LogP contribution >= 0.6 is 11.6 Å². The SMILES string of the molecule is CC(C)(C)CCN=C(N)N(C(=O)c1ccc(-c2cnn(C3CC3)n2)cc1F)[C@H](COC(=O)NC1(C(F)(F)F)CC1)c1ccc(Cl)c(-n2ncnc2C(F)F)c1. The molecule has 2 amide bonds. The number of halogens is 7. The van der Waals surface area contributed by atoms with Gasteiger partial charge in [-0.3, -0.25) is 14.7 Å². The monoisotopic (exact) mass is 794 g/mol. The van der Waals surface area contributed by atoms with E-state index >= 15 is 4.39 Å². The van der Waals surface area contributed by atoms with Crippen LogP contribution in [-0.4, -0.2) is 77.5 Å². The van der Waals surface area contributed by atoms with E-state index in [1.165, 1.54) is 41.3 Å². The van der Waals surface area contributed by atoms with E-state index in [1.54, 1.807) is 0 Å². The lowest BCUT2D eigenvalue weighted by molar-refractivity contribution is -0.164. The lowest BCUT2D eigenvalue weighted by Gasteiger charge is -2.32. The Hall–Kier alpha value is -5.20. The van der Waals surface area contributed by atoms with Gasteiger partial charge in [0.15, 0.2) is 11.8 Å². The molecule has 6 rings (SSSR count). The Kier molecular flexibility index (Phi) is 10.9. The molecule has 0 aliphatic heterocycles. The third-order valence-corrected chi connectivity index (χ3v) is 9.47. The van der Waals surface area contributed by atoms with Crippen LogP contribution in [0.25, 0.3) is 16.9 Å². The highest BCUT2D eigenvalue weighted by Crippen LogP contribution is 2.49. The predicted octanol–water partition coefficient (Wildman–Crippen LogP) is 7.35. The number of aliphatic imine (C=N–C) groups is 1. The third-order valence-electron chi connectivity index (χ3n) is 9.15. The van der Waals surface area contributed by atoms with Crippen molar-refractivity contribution < 1.29 is 40.7 Å². The van der Waals surface area contributed by atoms with Crippen molar-refractivity contribution in [1.82, 2.24) is 40.0 Å². The second kappa shape index (κ2) is 15.1. The Morgan fingerprint density at radius 1 is 1.13 bits per heavy atom. The summed E-state index contributed by atoms with van der Waals surface area (Å²) in [6.45, 7) is 5.06. The van der Waals surface area contributed by atoms with E-state index in [4.69, 9.17) is 22.1 Å². The number of ether oxygens (including phenoxy) is 1. The Balaban J connectivity index is 1.42. The minimum absolute atomic E-state index is 0.0240. The number of aromatic nitrogens is 6. The Morgan fingerprint density at radius 2 is 1.85 bits per heavy atom. The largest absolute Gasteiger partial charge is 0.447 e. The number of nitrogens with two attached hydrogens (primary N) is 1. The van der Waals surface area contributed by atoms with Gasteiger partial charge in [0.2, 0.25) is 0 Å². The number of guanidine groups is 1. The normalized spacial score (nSPS) is 16.2. The van der Waals surface area contributed by atoms with Crippen molar-refractivity contribution in [3.63, 3.8) is 0 Å². The smallest absolute Gasteiger partial charge is 0.411 e. The van der Waals surface area contributed by atoms with Gasteiger partial charge in [-0.05, 0) is 67.3 Å². The number of rotatable bonds is 12. The van der Waals surface area contributed by atoms with Crippen LogP contribution < -0.4 is 11.1 Å². The van der Waals surface area contributed by atoms with Crippen molar-refractivity contribution in [2.45, 2.75) is 83.1 Å². The van der Waals surface area contributed by atoms with Crippen molar-refractivity contribution >= 4 is 29.6 Å². The molecular weight excluding hydrogens is 758 g/mol. The van der Waals surface area contributed by atoms with Crippen molar-refractivity contribution in [2.75, 3.05) is 13.2 Å². The zero-order chi connectivity index (χ0) is 39.9. The second-order valence-corrected chi connectivity index (χ2v) is 15.0. The van der Waals surface area contributed by atoms with Gasteiger partial charge in [0, 0.05) is 12.1 Å². The maximum atomic E-state index is 16.0. The van der Waals surface area contributed by atoms with Crippen LogP contribution in [0.5, 0.6) is 0 Å². The number of carbonyl (C=O) groups is 2. The zero-order valence-electron chi connectivity index (χ0n) is 29.8. The lowest BCUT2D eigenvalue weighted by atomic mass is 9.92. The fraction of sp³-hybridized carbons (Fsp3) is 0.457. The summed E-state index contributed by atoms with van der Waals surface area (Å²) in [6, 6.07) is 6.22. The van der Waals surface area contributed by atoms with Gasteiger partial charge in [-0.1, -0.05) is 44.5 Å². The highest BCUT2D eigenvalue weighted by molar-refractivity contribution is 6.32. The van der Waals surface area contributed by atoms with Crippen LogP contribution in [0.4, 0.5) is 31.1 Å². The number of amides is 2. The van der Waals surface area contributed by atoms with Crippen molar-refractivity contribution in [3.05, 3.63) is 76.7 Å². The van der Waals surface area contributed by atoms with Gasteiger partial charge in [0.1, 0.15) is 30.0 Å². The van der Waals surface area contributed by atoms with Gasteiger partial charge in [-0.2, -0.15) is 33.3 Å². The topological polar surface area (TPSA) is 158 Å². The third kappa shape index (κ3) is 8.87. The van der Waals surface area contributed by atoms with E-state index in [2.05, 4.69) is 25.3 Å². The van der Waals surface area contributed by atoms with Gasteiger partial charge in [-0.25, -0.2) is 27.6 Å². The first-order valence-corrected chi connectivity index (χ1v) is 17.6. The molecule has 0 bridgehead atoms. The van der Waals surface area contributed by atoms with Crippen molar-refractivity contribution in [2.24, 2.45) is 16.1 Å². The van der Waals surface area contributed by atoms with Crippen molar-refractivity contribution in [3.8, 4) is 16.9 Å². The summed E-state index contributed by atoms with van der Waals surface area (Å²) in [4.78, 5) is 37.7. The summed E-state index contributed by atoms with van der Waals surface area (Å²) >= 11 is 6.41. The van der Waals surface area contributed by atoms with Crippen molar-refractivity contribution in [1.29, 1.82) is 0 Å². The quantitative estimate of drug-likeness (QED) is 0.0857. The summed E-state index contributed by atoms with van der Waals surface area (Å²) in [6.07, 6.45) is -5.39. The molecule has 2 aliphatic rings. The first kappa shape index (κ1) is 39.5. The number of hydrogen-bond acceptors (Lipinski definition) is 8. The Bertz CT molecular complexity index is 2090. The molecule has 4 aromatic rings. The average molecular weight is 795 g/mol. The van der Waals surface area contributed by atoms with Crippen LogP contribution in [0.15, 0.2) is 53.9 Å². The van der Waals surface area contributed by atoms with E-state index in [0.29, 0.717) is 17.7 Å². The second-order valence-electron chi connectivity index (χ2n) is 14.6. The summed E-state index contributed by atoms with van der Waals surface area (Å²) in [5.41, 5.74) is 3.84. The van der Waals surface area contributed by atoms with Crippen LogP contribution in [0, 0.1) is 11.2 Å². The fourth-order valence-electron chi connectivity index (χ4n) is 5.65. The molecule has 0 radical (unpaired) electrons. The summed E-state index contributed by atoms with van der Waals surface area (Å²) in [7, 11) is 0. The Morgan fingerprint density at radius 3 is 2.47 bits per heavy atom. The number of nitrogens with zero attached hydrogens (tertiary/aromatic N) is 8. The summed E-state index contributed by atoms with van der Waals surface area (Å²) < 4.78 is 90.9. The molecule has 2 aromatic heterocycles. The molecule has 2 saturated carbocycles. The van der Waals surface area contributed by atoms with E-state index in [9.17, 15) is 31.5 Å². The minimum Gasteiger partial charge on any atom is -0.447 e. The highest BCUT2D eigenvalue weighted by Gasteiger charge is 2.64. The molecule has 2 aromatic carbocycles. The predicted molar refractivity (Wildman–Crippen MR) is 187 cm³/mol. The molecule has 2 fully saturated rings. The molecule has 294 valence electrons. The number of nitrogens with one attached hydrogen (secondary N) is 1. The molecule has 55 heavy (non-hydrogen) atoms. The number of hydrogen-bond donors (Lipinski definition) is 2. The summed E-state index contributed by atoms with van der Waals surface area (Å²) in [5, 5.41) is 14.2. The lowest BCUT2D eigenvalue weighted by Crippen LogP contribution is -2.49. The minimum atomic E-state index is -4.77. The van der Waals surface area contributed by atoms with Crippen LogP contribution in [0.1, 0.15) is 93.1 Å². The van der Waals surface area contributed by atoms with Crippen LogP contribution in [0.3, 0.4) is 0 Å². The molecular formula is C35H37ClF6N10O3.